The molecule has 0 radical (unpaired) electrons. The number of amides is 1. The maximum absolute atomic E-state index is 13.3. The molecule has 0 spiro atoms. The number of methoxy groups -OCH3 is 1. The Morgan fingerprint density at radius 3 is 2.49 bits per heavy atom. The zero-order chi connectivity index (χ0) is 27.3. The van der Waals surface area contributed by atoms with Crippen LogP contribution in [0.4, 0.5) is 18.9 Å². The van der Waals surface area contributed by atoms with Crippen molar-refractivity contribution in [3.8, 4) is 5.75 Å². The predicted molar refractivity (Wildman–Crippen MR) is 130 cm³/mol. The largest absolute Gasteiger partial charge is 0.496 e. The molecule has 1 aromatic rings. The van der Waals surface area contributed by atoms with Crippen LogP contribution in [0.5, 0.6) is 5.75 Å². The minimum Gasteiger partial charge on any atom is -0.496 e. The Morgan fingerprint density at radius 2 is 1.86 bits per heavy atom. The van der Waals surface area contributed by atoms with Gasteiger partial charge in [-0.15, -0.1) is 0 Å². The van der Waals surface area contributed by atoms with Crippen molar-refractivity contribution in [2.45, 2.75) is 58.7 Å². The summed E-state index contributed by atoms with van der Waals surface area (Å²) in [4.78, 5) is 39.4. The summed E-state index contributed by atoms with van der Waals surface area (Å²) in [5, 5.41) is 0. The molecular weight excluding hydrogens is 493 g/mol. The van der Waals surface area contributed by atoms with Crippen molar-refractivity contribution in [1.29, 1.82) is 0 Å². The molecule has 2 aliphatic heterocycles. The highest BCUT2D eigenvalue weighted by Crippen LogP contribution is 2.43. The van der Waals surface area contributed by atoms with E-state index < -0.39 is 18.1 Å². The fourth-order valence-corrected chi connectivity index (χ4v) is 4.73. The van der Waals surface area contributed by atoms with Gasteiger partial charge >= 0.3 is 24.0 Å². The molecule has 0 bridgehead atoms. The number of allylic oxidation sites excluding steroid dienone is 2. The number of ether oxygens (including phenoxy) is 3. The topological polar surface area (TPSA) is 85.4 Å². The van der Waals surface area contributed by atoms with E-state index in [9.17, 15) is 27.6 Å². The maximum Gasteiger partial charge on any atom is 0.471 e. The van der Waals surface area contributed by atoms with Crippen molar-refractivity contribution in [2.24, 2.45) is 0 Å². The Kier molecular flexibility index (Phi) is 9.22. The lowest BCUT2D eigenvalue weighted by molar-refractivity contribution is -0.170. The van der Waals surface area contributed by atoms with Gasteiger partial charge in [-0.25, -0.2) is 4.79 Å². The number of cyclic esters (lactones) is 1. The number of fused-ring (bicyclic) bond motifs is 1. The number of hydrogen-bond donors (Lipinski definition) is 0. The highest BCUT2D eigenvalue weighted by atomic mass is 19.4. The van der Waals surface area contributed by atoms with Crippen LogP contribution >= 0.6 is 0 Å². The number of esters is 2. The van der Waals surface area contributed by atoms with Crippen LogP contribution in [0.15, 0.2) is 11.6 Å². The van der Waals surface area contributed by atoms with Gasteiger partial charge in [-0.05, 0) is 58.2 Å². The molecule has 0 N–H and O–H groups in total. The van der Waals surface area contributed by atoms with Gasteiger partial charge in [-0.2, -0.15) is 13.2 Å². The second kappa shape index (κ2) is 12.0. The van der Waals surface area contributed by atoms with Gasteiger partial charge in [0.2, 0.25) is 0 Å². The van der Waals surface area contributed by atoms with Crippen LogP contribution in [0, 0.1) is 6.92 Å². The van der Waals surface area contributed by atoms with Gasteiger partial charge in [-0.3, -0.25) is 14.5 Å². The number of nitrogens with zero attached hydrogens (tertiary/aromatic N) is 2. The Bertz CT molecular complexity index is 1080. The first-order valence-electron chi connectivity index (χ1n) is 12.2. The summed E-state index contributed by atoms with van der Waals surface area (Å²) in [5.74, 6) is -2.95. The number of halogens is 3. The Morgan fingerprint density at radius 1 is 1.19 bits per heavy atom. The number of alkyl halides is 3. The Hall–Kier alpha value is -3.08. The van der Waals surface area contributed by atoms with Crippen molar-refractivity contribution >= 4 is 23.5 Å². The molecule has 0 aliphatic carbocycles. The molecule has 0 unspecified atom stereocenters. The molecule has 2 aliphatic rings. The van der Waals surface area contributed by atoms with Crippen molar-refractivity contribution in [2.75, 3.05) is 45.3 Å². The zero-order valence-electron chi connectivity index (χ0n) is 21.6. The van der Waals surface area contributed by atoms with E-state index in [1.165, 1.54) is 7.11 Å². The van der Waals surface area contributed by atoms with Gasteiger partial charge in [0.15, 0.2) is 0 Å². The van der Waals surface area contributed by atoms with E-state index in [0.717, 1.165) is 38.6 Å². The van der Waals surface area contributed by atoms with Crippen molar-refractivity contribution in [3.63, 3.8) is 0 Å². The number of benzene rings is 1. The SMILES string of the molecule is COc1c(C)c2c(c(N(C)C(=O)C(F)(F)F)c1CC=C(C)CCC(=O)OCCN1CCCC1)C(=O)OC2. The highest BCUT2D eigenvalue weighted by molar-refractivity contribution is 6.07. The zero-order valence-corrected chi connectivity index (χ0v) is 21.6. The van der Waals surface area contributed by atoms with Crippen LogP contribution in [-0.4, -0.2) is 69.3 Å². The molecule has 8 nitrogen and oxygen atoms in total. The molecule has 1 fully saturated rings. The minimum absolute atomic E-state index is 0.0685. The summed E-state index contributed by atoms with van der Waals surface area (Å²) in [6.07, 6.45) is -0.439. The minimum atomic E-state index is -5.14. The van der Waals surface area contributed by atoms with Crippen LogP contribution in [0.1, 0.15) is 59.7 Å². The number of likely N-dealkylation sites (tertiary alicyclic amines) is 1. The van der Waals surface area contributed by atoms with Gasteiger partial charge in [0, 0.05) is 31.1 Å². The third-order valence-corrected chi connectivity index (χ3v) is 6.78. The molecule has 11 heteroatoms. The fourth-order valence-electron chi connectivity index (χ4n) is 4.73. The lowest BCUT2D eigenvalue weighted by Gasteiger charge is -2.26. The third-order valence-electron chi connectivity index (χ3n) is 6.78. The van der Waals surface area contributed by atoms with E-state index in [2.05, 4.69) is 4.90 Å². The summed E-state index contributed by atoms with van der Waals surface area (Å²) in [5.41, 5.74) is 1.75. The third kappa shape index (κ3) is 6.63. The first-order chi connectivity index (χ1) is 17.5. The van der Waals surface area contributed by atoms with Crippen LogP contribution in [0.3, 0.4) is 0 Å². The van der Waals surface area contributed by atoms with Crippen molar-refractivity contribution < 1.29 is 41.8 Å². The smallest absolute Gasteiger partial charge is 0.471 e. The normalized spacial score (nSPS) is 16.0. The molecule has 0 atom stereocenters. The van der Waals surface area contributed by atoms with E-state index in [-0.39, 0.29) is 48.0 Å². The highest BCUT2D eigenvalue weighted by Gasteiger charge is 2.44. The number of hydrogen-bond acceptors (Lipinski definition) is 7. The van der Waals surface area contributed by atoms with E-state index in [1.807, 2.05) is 0 Å². The summed E-state index contributed by atoms with van der Waals surface area (Å²) in [7, 11) is 2.35. The number of rotatable bonds is 10. The van der Waals surface area contributed by atoms with E-state index in [1.54, 1.807) is 19.9 Å². The van der Waals surface area contributed by atoms with Crippen LogP contribution in [0.25, 0.3) is 0 Å². The summed E-state index contributed by atoms with van der Waals surface area (Å²) >= 11 is 0. The Balaban J connectivity index is 1.79. The number of carbonyl (C=O) groups excluding carboxylic acids is 3. The summed E-state index contributed by atoms with van der Waals surface area (Å²) < 4.78 is 55.8. The van der Waals surface area contributed by atoms with Gasteiger partial charge in [0.25, 0.3) is 0 Å². The molecule has 1 aromatic carbocycles. The standard InChI is InChI=1S/C26H33F3N2O6/c1-16(8-10-20(32)36-14-13-31-11-5-6-12-31)7-9-18-22(30(3)25(34)26(27,28)29)21-19(15-37-24(21)33)17(2)23(18)35-4/h7H,5-6,8-15H2,1-4H3. The van der Waals surface area contributed by atoms with Gasteiger partial charge in [-0.1, -0.05) is 11.6 Å². The van der Waals surface area contributed by atoms with Crippen molar-refractivity contribution in [3.05, 3.63) is 33.9 Å². The first kappa shape index (κ1) is 28.5. The maximum atomic E-state index is 13.3. The van der Waals surface area contributed by atoms with E-state index in [4.69, 9.17) is 14.2 Å². The second-order valence-electron chi connectivity index (χ2n) is 9.30. The first-order valence-corrected chi connectivity index (χ1v) is 12.2. The predicted octanol–water partition coefficient (Wildman–Crippen LogP) is 4.11. The molecule has 3 rings (SSSR count). The van der Waals surface area contributed by atoms with Gasteiger partial charge in [0.05, 0.1) is 18.4 Å². The molecule has 37 heavy (non-hydrogen) atoms. The average Bonchev–Trinajstić information content (AvgIpc) is 3.50. The molecule has 0 aromatic heterocycles. The molecule has 2 heterocycles. The van der Waals surface area contributed by atoms with Crippen LogP contribution in [0.2, 0.25) is 0 Å². The van der Waals surface area contributed by atoms with Crippen molar-refractivity contribution in [1.82, 2.24) is 4.90 Å². The van der Waals surface area contributed by atoms with E-state index >= 15 is 0 Å². The molecule has 1 amide bonds. The monoisotopic (exact) mass is 526 g/mol. The van der Waals surface area contributed by atoms with Gasteiger partial charge < -0.3 is 19.1 Å². The lowest BCUT2D eigenvalue weighted by atomic mass is 9.92. The quantitative estimate of drug-likeness (QED) is 0.335. The molecule has 0 saturated carbocycles. The summed E-state index contributed by atoms with van der Waals surface area (Å²) in [6, 6.07) is 0. The van der Waals surface area contributed by atoms with Gasteiger partial charge in [0.1, 0.15) is 19.0 Å². The average molecular weight is 527 g/mol. The van der Waals surface area contributed by atoms with Crippen LogP contribution < -0.4 is 9.64 Å². The lowest BCUT2D eigenvalue weighted by Crippen LogP contribution is -2.39. The fraction of sp³-hybridized carbons (Fsp3) is 0.577. The summed E-state index contributed by atoms with van der Waals surface area (Å²) in [6.45, 7) is 6.46. The van der Waals surface area contributed by atoms with Crippen LogP contribution in [-0.2, 0) is 32.1 Å². The molecule has 204 valence electrons. The number of anilines is 1. The second-order valence-corrected chi connectivity index (χ2v) is 9.30. The molecular formula is C26H33F3N2O6. The Labute approximate surface area is 214 Å². The molecule has 1 saturated heterocycles. The van der Waals surface area contributed by atoms with E-state index in [0.29, 0.717) is 35.6 Å². The number of carbonyl (C=O) groups is 3.